The van der Waals surface area contributed by atoms with E-state index < -0.39 is 11.2 Å². The van der Waals surface area contributed by atoms with Gasteiger partial charge < -0.3 is 4.42 Å². The second kappa shape index (κ2) is 3.71. The molecule has 1 heterocycles. The molecular weight excluding hydrogens is 234 g/mol. The Morgan fingerprint density at radius 1 is 1.44 bits per heavy atom. The SMILES string of the molecule is CNNC(=O)C1(c2ccc3[nH]c(=O)oc3c2)CC1. The first-order valence-electron chi connectivity index (χ1n) is 5.76. The van der Waals surface area contributed by atoms with Crippen LogP contribution in [-0.4, -0.2) is 17.9 Å². The molecule has 1 aliphatic carbocycles. The van der Waals surface area contributed by atoms with Gasteiger partial charge in [-0.05, 0) is 30.5 Å². The van der Waals surface area contributed by atoms with Crippen molar-refractivity contribution in [1.82, 2.24) is 15.8 Å². The molecule has 1 amide bonds. The van der Waals surface area contributed by atoms with Crippen molar-refractivity contribution in [2.45, 2.75) is 18.3 Å². The van der Waals surface area contributed by atoms with E-state index in [9.17, 15) is 9.59 Å². The first-order chi connectivity index (χ1) is 8.65. The average molecular weight is 247 g/mol. The lowest BCUT2D eigenvalue weighted by Crippen LogP contribution is -2.41. The summed E-state index contributed by atoms with van der Waals surface area (Å²) < 4.78 is 5.01. The van der Waals surface area contributed by atoms with Crippen molar-refractivity contribution in [2.24, 2.45) is 0 Å². The van der Waals surface area contributed by atoms with E-state index in [1.165, 1.54) is 0 Å². The fourth-order valence-electron chi connectivity index (χ4n) is 2.25. The number of amides is 1. The lowest BCUT2D eigenvalue weighted by molar-refractivity contribution is -0.124. The summed E-state index contributed by atoms with van der Waals surface area (Å²) in [6.07, 6.45) is 1.61. The Morgan fingerprint density at radius 3 is 2.89 bits per heavy atom. The third kappa shape index (κ3) is 1.53. The highest BCUT2D eigenvalue weighted by atomic mass is 16.4. The molecular formula is C12H13N3O3. The molecule has 1 aromatic heterocycles. The summed E-state index contributed by atoms with van der Waals surface area (Å²) in [6, 6.07) is 5.38. The van der Waals surface area contributed by atoms with E-state index in [1.54, 1.807) is 19.2 Å². The molecule has 0 atom stereocenters. The third-order valence-electron chi connectivity index (χ3n) is 3.40. The number of fused-ring (bicyclic) bond motifs is 1. The molecule has 2 aromatic rings. The minimum absolute atomic E-state index is 0.0535. The Kier molecular flexibility index (Phi) is 2.27. The van der Waals surface area contributed by atoms with E-state index in [4.69, 9.17) is 4.42 Å². The molecule has 0 unspecified atom stereocenters. The molecule has 6 heteroatoms. The van der Waals surface area contributed by atoms with Crippen LogP contribution in [0.5, 0.6) is 0 Å². The molecule has 18 heavy (non-hydrogen) atoms. The van der Waals surface area contributed by atoms with E-state index in [0.29, 0.717) is 11.1 Å². The van der Waals surface area contributed by atoms with E-state index in [-0.39, 0.29) is 5.91 Å². The molecule has 0 aliphatic heterocycles. The van der Waals surface area contributed by atoms with Gasteiger partial charge in [-0.1, -0.05) is 6.07 Å². The first kappa shape index (κ1) is 11.0. The Bertz CT molecular complexity index is 667. The van der Waals surface area contributed by atoms with Crippen LogP contribution in [0.4, 0.5) is 0 Å². The number of H-pyrrole nitrogens is 1. The fourth-order valence-corrected chi connectivity index (χ4v) is 2.25. The van der Waals surface area contributed by atoms with Crippen molar-refractivity contribution in [3.8, 4) is 0 Å². The maximum absolute atomic E-state index is 12.0. The Morgan fingerprint density at radius 2 is 2.22 bits per heavy atom. The summed E-state index contributed by atoms with van der Waals surface area (Å²) in [4.78, 5) is 25.7. The minimum atomic E-state index is -0.480. The third-order valence-corrected chi connectivity index (χ3v) is 3.40. The lowest BCUT2D eigenvalue weighted by atomic mass is 9.95. The monoisotopic (exact) mass is 247 g/mol. The van der Waals surface area contributed by atoms with Gasteiger partial charge in [0.05, 0.1) is 10.9 Å². The number of benzene rings is 1. The molecule has 1 fully saturated rings. The highest BCUT2D eigenvalue weighted by Crippen LogP contribution is 2.48. The van der Waals surface area contributed by atoms with Crippen molar-refractivity contribution in [3.63, 3.8) is 0 Å². The molecule has 1 aromatic carbocycles. The van der Waals surface area contributed by atoms with Gasteiger partial charge in [-0.15, -0.1) is 0 Å². The number of carbonyl (C=O) groups is 1. The minimum Gasteiger partial charge on any atom is -0.408 e. The fraction of sp³-hybridized carbons (Fsp3) is 0.333. The summed E-state index contributed by atoms with van der Waals surface area (Å²) in [5, 5.41) is 0. The Labute approximate surface area is 102 Å². The standard InChI is InChI=1S/C12H13N3O3/c1-13-15-10(16)12(4-5-12)7-2-3-8-9(6-7)18-11(17)14-8/h2-3,6,13H,4-5H2,1H3,(H,14,17)(H,15,16). The van der Waals surface area contributed by atoms with Gasteiger partial charge in [0, 0.05) is 7.05 Å². The van der Waals surface area contributed by atoms with Crippen LogP contribution in [0.2, 0.25) is 0 Å². The average Bonchev–Trinajstić information content (AvgIpc) is 3.06. The zero-order valence-corrected chi connectivity index (χ0v) is 9.87. The topological polar surface area (TPSA) is 87.1 Å². The normalized spacial score (nSPS) is 16.7. The first-order valence-corrected chi connectivity index (χ1v) is 5.76. The summed E-state index contributed by atoms with van der Waals surface area (Å²) in [5.41, 5.74) is 6.79. The number of hydrogen-bond acceptors (Lipinski definition) is 4. The molecule has 0 saturated heterocycles. The van der Waals surface area contributed by atoms with Crippen LogP contribution in [0.3, 0.4) is 0 Å². The second-order valence-corrected chi connectivity index (χ2v) is 4.51. The summed E-state index contributed by atoms with van der Waals surface area (Å²) in [6.45, 7) is 0. The van der Waals surface area contributed by atoms with Gasteiger partial charge in [-0.3, -0.25) is 15.2 Å². The number of aromatic nitrogens is 1. The summed E-state index contributed by atoms with van der Waals surface area (Å²) >= 11 is 0. The molecule has 3 rings (SSSR count). The van der Waals surface area contributed by atoms with Gasteiger partial charge in [-0.25, -0.2) is 10.2 Å². The molecule has 0 radical (unpaired) electrons. The smallest absolute Gasteiger partial charge is 0.408 e. The summed E-state index contributed by atoms with van der Waals surface area (Å²) in [5.74, 6) is -0.533. The number of oxazole rings is 1. The number of hydrogen-bond donors (Lipinski definition) is 3. The van der Waals surface area contributed by atoms with Crippen LogP contribution in [0, 0.1) is 0 Å². The van der Waals surface area contributed by atoms with Crippen molar-refractivity contribution < 1.29 is 9.21 Å². The van der Waals surface area contributed by atoms with E-state index in [2.05, 4.69) is 15.8 Å². The van der Waals surface area contributed by atoms with Crippen LogP contribution in [0.25, 0.3) is 11.1 Å². The highest BCUT2D eigenvalue weighted by Gasteiger charge is 2.51. The molecule has 0 spiro atoms. The Balaban J connectivity index is 2.04. The van der Waals surface area contributed by atoms with Gasteiger partial charge in [0.1, 0.15) is 0 Å². The van der Waals surface area contributed by atoms with Crippen molar-refractivity contribution in [2.75, 3.05) is 7.05 Å². The summed E-state index contributed by atoms with van der Waals surface area (Å²) in [7, 11) is 1.66. The molecule has 1 saturated carbocycles. The molecule has 0 bridgehead atoms. The highest BCUT2D eigenvalue weighted by molar-refractivity contribution is 5.92. The second-order valence-electron chi connectivity index (χ2n) is 4.51. The maximum atomic E-state index is 12.0. The van der Waals surface area contributed by atoms with Crippen LogP contribution in [-0.2, 0) is 10.2 Å². The van der Waals surface area contributed by atoms with E-state index >= 15 is 0 Å². The number of carbonyl (C=O) groups excluding carboxylic acids is 1. The van der Waals surface area contributed by atoms with Crippen molar-refractivity contribution >= 4 is 17.0 Å². The van der Waals surface area contributed by atoms with Crippen LogP contribution >= 0.6 is 0 Å². The van der Waals surface area contributed by atoms with Gasteiger partial charge in [-0.2, -0.15) is 0 Å². The number of aromatic amines is 1. The van der Waals surface area contributed by atoms with Crippen molar-refractivity contribution in [3.05, 3.63) is 34.3 Å². The maximum Gasteiger partial charge on any atom is 0.417 e. The quantitative estimate of drug-likeness (QED) is 0.685. The van der Waals surface area contributed by atoms with Crippen LogP contribution in [0.1, 0.15) is 18.4 Å². The van der Waals surface area contributed by atoms with Gasteiger partial charge in [0.2, 0.25) is 5.91 Å². The van der Waals surface area contributed by atoms with Gasteiger partial charge >= 0.3 is 5.76 Å². The molecule has 6 nitrogen and oxygen atoms in total. The largest absolute Gasteiger partial charge is 0.417 e. The van der Waals surface area contributed by atoms with E-state index in [0.717, 1.165) is 18.4 Å². The van der Waals surface area contributed by atoms with Gasteiger partial charge in [0.15, 0.2) is 5.58 Å². The van der Waals surface area contributed by atoms with Crippen LogP contribution < -0.4 is 16.6 Å². The predicted octanol–water partition coefficient (Wildman–Crippen LogP) is 0.403. The van der Waals surface area contributed by atoms with Gasteiger partial charge in [0.25, 0.3) is 0 Å². The Hall–Kier alpha value is -2.08. The lowest BCUT2D eigenvalue weighted by Gasteiger charge is -2.14. The number of hydrazine groups is 1. The molecule has 1 aliphatic rings. The zero-order chi connectivity index (χ0) is 12.8. The number of rotatable bonds is 3. The van der Waals surface area contributed by atoms with Crippen LogP contribution in [0.15, 0.2) is 27.4 Å². The molecule has 94 valence electrons. The van der Waals surface area contributed by atoms with Crippen molar-refractivity contribution in [1.29, 1.82) is 0 Å². The predicted molar refractivity (Wildman–Crippen MR) is 64.9 cm³/mol. The molecule has 3 N–H and O–H groups in total. The van der Waals surface area contributed by atoms with E-state index in [1.807, 2.05) is 6.07 Å². The number of nitrogens with one attached hydrogen (secondary N) is 3. The zero-order valence-electron chi connectivity index (χ0n) is 9.87.